The third-order valence-electron chi connectivity index (χ3n) is 11.5. The maximum absolute atomic E-state index is 2.47. The van der Waals surface area contributed by atoms with Gasteiger partial charge < -0.3 is 0 Å². The topological polar surface area (TPSA) is 0 Å². The highest BCUT2D eigenvalue weighted by Gasteiger charge is 2.36. The lowest BCUT2D eigenvalue weighted by Crippen LogP contribution is -2.15. The second-order valence-corrected chi connectivity index (χ2v) is 15.2. The van der Waals surface area contributed by atoms with Gasteiger partial charge in [-0.25, -0.2) is 0 Å². The molecule has 246 valence electrons. The van der Waals surface area contributed by atoms with Gasteiger partial charge in [0.1, 0.15) is 0 Å². The van der Waals surface area contributed by atoms with Crippen molar-refractivity contribution >= 4 is 21.5 Å². The smallest absolute Gasteiger partial charge is 0.0159 e. The van der Waals surface area contributed by atoms with Crippen LogP contribution in [0.2, 0.25) is 0 Å². The number of fused-ring (bicyclic) bond motifs is 5. The molecule has 0 fully saturated rings. The second kappa shape index (κ2) is 11.7. The van der Waals surface area contributed by atoms with E-state index < -0.39 is 0 Å². The molecule has 0 aromatic heterocycles. The Hall–Kier alpha value is -5.72. The van der Waals surface area contributed by atoms with Crippen molar-refractivity contribution in [3.63, 3.8) is 0 Å². The van der Waals surface area contributed by atoms with E-state index in [4.69, 9.17) is 0 Å². The average Bonchev–Trinajstić information content (AvgIpc) is 3.35. The summed E-state index contributed by atoms with van der Waals surface area (Å²) in [6, 6.07) is 54.6. The fourth-order valence-corrected chi connectivity index (χ4v) is 8.96. The molecule has 0 saturated heterocycles. The lowest BCUT2D eigenvalue weighted by atomic mass is 9.80. The van der Waals surface area contributed by atoms with Crippen LogP contribution in [0, 0.1) is 27.7 Å². The van der Waals surface area contributed by atoms with Crippen LogP contribution in [0.4, 0.5) is 0 Å². The number of rotatable bonds is 4. The number of benzene rings is 8. The van der Waals surface area contributed by atoms with Crippen LogP contribution in [-0.2, 0) is 5.41 Å². The first-order chi connectivity index (χ1) is 24.7. The van der Waals surface area contributed by atoms with Crippen molar-refractivity contribution in [1.29, 1.82) is 0 Å². The van der Waals surface area contributed by atoms with Crippen molar-refractivity contribution in [2.75, 3.05) is 0 Å². The second-order valence-electron chi connectivity index (χ2n) is 15.2. The van der Waals surface area contributed by atoms with Crippen LogP contribution >= 0.6 is 0 Å². The molecule has 0 nitrogen and oxygen atoms in total. The van der Waals surface area contributed by atoms with Gasteiger partial charge in [0, 0.05) is 5.41 Å². The van der Waals surface area contributed by atoms with Crippen molar-refractivity contribution in [3.05, 3.63) is 179 Å². The molecule has 0 heterocycles. The summed E-state index contributed by atoms with van der Waals surface area (Å²) in [7, 11) is 0. The van der Waals surface area contributed by atoms with Crippen LogP contribution in [0.5, 0.6) is 0 Å². The summed E-state index contributed by atoms with van der Waals surface area (Å²) >= 11 is 0. The summed E-state index contributed by atoms with van der Waals surface area (Å²) in [5.41, 5.74) is 21.0. The van der Waals surface area contributed by atoms with Gasteiger partial charge in [-0.2, -0.15) is 0 Å². The van der Waals surface area contributed by atoms with E-state index in [0.717, 1.165) is 0 Å². The zero-order valence-corrected chi connectivity index (χ0v) is 30.4. The molecule has 0 atom stereocenters. The van der Waals surface area contributed by atoms with Gasteiger partial charge in [0.05, 0.1) is 0 Å². The van der Waals surface area contributed by atoms with Crippen LogP contribution in [0.1, 0.15) is 47.2 Å². The lowest BCUT2D eigenvalue weighted by Gasteiger charge is -2.24. The molecule has 1 aliphatic carbocycles. The minimum absolute atomic E-state index is 0.115. The predicted octanol–water partition coefficient (Wildman–Crippen LogP) is 14.2. The zero-order chi connectivity index (χ0) is 35.0. The van der Waals surface area contributed by atoms with Gasteiger partial charge in [0.2, 0.25) is 0 Å². The third kappa shape index (κ3) is 5.12. The molecule has 0 spiro atoms. The van der Waals surface area contributed by atoms with Gasteiger partial charge >= 0.3 is 0 Å². The van der Waals surface area contributed by atoms with E-state index in [1.165, 1.54) is 111 Å². The van der Waals surface area contributed by atoms with E-state index in [1.807, 2.05) is 0 Å². The fourth-order valence-electron chi connectivity index (χ4n) is 8.96. The SMILES string of the molecule is Cc1cc(-c2ccc3ccccc3c2)cc(C)c1-c1ccc2c(c1)C(C)(C)c1cc(-c3c(C)cc(-c4ccc5ccccc5c4)cc3C)ccc1-2. The van der Waals surface area contributed by atoms with E-state index >= 15 is 0 Å². The summed E-state index contributed by atoms with van der Waals surface area (Å²) in [6.07, 6.45) is 0. The minimum Gasteiger partial charge on any atom is -0.0616 e. The van der Waals surface area contributed by atoms with Crippen molar-refractivity contribution in [2.24, 2.45) is 0 Å². The molecular formula is C51H42. The Morgan fingerprint density at radius 2 is 0.667 bits per heavy atom. The molecule has 0 heteroatoms. The molecular weight excluding hydrogens is 613 g/mol. The first-order valence-corrected chi connectivity index (χ1v) is 18.2. The van der Waals surface area contributed by atoms with Crippen molar-refractivity contribution in [2.45, 2.75) is 47.0 Å². The van der Waals surface area contributed by atoms with Crippen molar-refractivity contribution < 1.29 is 0 Å². The van der Waals surface area contributed by atoms with Gasteiger partial charge in [-0.15, -0.1) is 0 Å². The summed E-state index contributed by atoms with van der Waals surface area (Å²) in [5, 5.41) is 5.11. The summed E-state index contributed by atoms with van der Waals surface area (Å²) < 4.78 is 0. The summed E-state index contributed by atoms with van der Waals surface area (Å²) in [5.74, 6) is 0. The van der Waals surface area contributed by atoms with Gasteiger partial charge in [-0.3, -0.25) is 0 Å². The van der Waals surface area contributed by atoms with E-state index in [1.54, 1.807) is 0 Å². The highest BCUT2D eigenvalue weighted by Crippen LogP contribution is 2.51. The van der Waals surface area contributed by atoms with Crippen LogP contribution in [0.15, 0.2) is 146 Å². The van der Waals surface area contributed by atoms with E-state index in [0.29, 0.717) is 0 Å². The number of aryl methyl sites for hydroxylation is 4. The summed E-state index contributed by atoms with van der Waals surface area (Å²) in [6.45, 7) is 13.9. The normalized spacial score (nSPS) is 13.1. The average molecular weight is 655 g/mol. The largest absolute Gasteiger partial charge is 0.0616 e. The monoisotopic (exact) mass is 654 g/mol. The number of hydrogen-bond acceptors (Lipinski definition) is 0. The Balaban J connectivity index is 1.06. The molecule has 0 N–H and O–H groups in total. The highest BCUT2D eigenvalue weighted by atomic mass is 14.4. The molecule has 8 aromatic carbocycles. The fraction of sp³-hybridized carbons (Fsp3) is 0.137. The molecule has 0 saturated carbocycles. The maximum atomic E-state index is 2.47. The Morgan fingerprint density at radius 1 is 0.314 bits per heavy atom. The Labute approximate surface area is 302 Å². The molecule has 0 aliphatic heterocycles. The van der Waals surface area contributed by atoms with Crippen LogP contribution in [-0.4, -0.2) is 0 Å². The Kier molecular flexibility index (Phi) is 7.16. The Morgan fingerprint density at radius 3 is 1.06 bits per heavy atom. The molecule has 0 bridgehead atoms. The molecule has 9 rings (SSSR count). The minimum atomic E-state index is -0.115. The quantitative estimate of drug-likeness (QED) is 0.177. The van der Waals surface area contributed by atoms with E-state index in [2.05, 4.69) is 187 Å². The van der Waals surface area contributed by atoms with Crippen LogP contribution in [0.25, 0.3) is 77.2 Å². The molecule has 0 amide bonds. The molecule has 1 aliphatic rings. The standard InChI is InChI=1S/C51H42/c1-31-23-43(39-17-15-35-11-7-9-13-37(35)27-39)24-32(2)49(31)41-19-21-45-46-22-20-42(30-48(46)51(5,6)47(45)29-41)50-33(3)25-44(26-34(50)4)40-18-16-36-12-8-10-14-38(36)28-40/h7-30H,1-6H3. The van der Waals surface area contributed by atoms with Crippen LogP contribution < -0.4 is 0 Å². The molecule has 8 aromatic rings. The van der Waals surface area contributed by atoms with E-state index in [9.17, 15) is 0 Å². The predicted molar refractivity (Wildman–Crippen MR) is 220 cm³/mol. The summed E-state index contributed by atoms with van der Waals surface area (Å²) in [4.78, 5) is 0. The molecule has 0 unspecified atom stereocenters. The van der Waals surface area contributed by atoms with Gasteiger partial charge in [0.25, 0.3) is 0 Å². The van der Waals surface area contributed by atoms with Gasteiger partial charge in [0.15, 0.2) is 0 Å². The van der Waals surface area contributed by atoms with Crippen molar-refractivity contribution in [3.8, 4) is 55.6 Å². The highest BCUT2D eigenvalue weighted by molar-refractivity contribution is 5.91. The first kappa shape index (κ1) is 31.3. The maximum Gasteiger partial charge on any atom is 0.0159 e. The molecule has 51 heavy (non-hydrogen) atoms. The first-order valence-electron chi connectivity index (χ1n) is 18.2. The van der Waals surface area contributed by atoms with Crippen molar-refractivity contribution in [1.82, 2.24) is 0 Å². The lowest BCUT2D eigenvalue weighted by molar-refractivity contribution is 0.661. The van der Waals surface area contributed by atoms with Crippen LogP contribution in [0.3, 0.4) is 0 Å². The van der Waals surface area contributed by atoms with Gasteiger partial charge in [-0.05, 0) is 163 Å². The molecule has 0 radical (unpaired) electrons. The number of hydrogen-bond donors (Lipinski definition) is 0. The van der Waals surface area contributed by atoms with Gasteiger partial charge in [-0.1, -0.05) is 135 Å². The van der Waals surface area contributed by atoms with E-state index in [-0.39, 0.29) is 5.41 Å². The Bertz CT molecular complexity index is 2470. The zero-order valence-electron chi connectivity index (χ0n) is 30.4. The third-order valence-corrected chi connectivity index (χ3v) is 11.5.